The molecule has 0 heterocycles. The van der Waals surface area contributed by atoms with Gasteiger partial charge in [-0.05, 0) is 44.0 Å². The monoisotopic (exact) mass is 327 g/mol. The number of likely N-dealkylation sites (N-methyl/N-ethyl adjacent to an activating group) is 1. The van der Waals surface area contributed by atoms with E-state index < -0.39 is 5.60 Å². The van der Waals surface area contributed by atoms with E-state index in [-0.39, 0.29) is 18.6 Å². The van der Waals surface area contributed by atoms with Gasteiger partial charge in [-0.25, -0.2) is 0 Å². The van der Waals surface area contributed by atoms with Gasteiger partial charge in [0.05, 0.1) is 11.6 Å². The summed E-state index contributed by atoms with van der Waals surface area (Å²) in [4.78, 5) is 14.0. The zero-order valence-electron chi connectivity index (χ0n) is 14.7. The van der Waals surface area contributed by atoms with Crippen LogP contribution in [0.2, 0.25) is 0 Å². The Kier molecular flexibility index (Phi) is 5.62. The number of carbonyl (C=O) groups is 1. The van der Waals surface area contributed by atoms with Gasteiger partial charge < -0.3 is 14.7 Å². The normalized spacial score (nSPS) is 12.5. The van der Waals surface area contributed by atoms with Crippen molar-refractivity contribution in [2.75, 3.05) is 13.7 Å². The van der Waals surface area contributed by atoms with E-state index in [1.54, 1.807) is 50.1 Å². The summed E-state index contributed by atoms with van der Waals surface area (Å²) in [5.74, 6) is 0.523. The number of carbonyl (C=O) groups excluding carboxylic acids is 1. The number of aliphatic hydroxyl groups is 1. The fourth-order valence-electron chi connectivity index (χ4n) is 2.38. The SMILES string of the molecule is CC(c1ccccc1)N(C)C(=O)COc1ccc(C(C)(C)O)cc1. The van der Waals surface area contributed by atoms with Gasteiger partial charge in [-0.15, -0.1) is 0 Å². The molecule has 0 spiro atoms. The van der Waals surface area contributed by atoms with Gasteiger partial charge in [0.15, 0.2) is 6.61 Å². The lowest BCUT2D eigenvalue weighted by Gasteiger charge is -2.25. The summed E-state index contributed by atoms with van der Waals surface area (Å²) < 4.78 is 5.57. The van der Waals surface area contributed by atoms with Crippen LogP contribution in [0.5, 0.6) is 5.75 Å². The first kappa shape index (κ1) is 18.0. The molecule has 0 radical (unpaired) electrons. The summed E-state index contributed by atoms with van der Waals surface area (Å²) >= 11 is 0. The third kappa shape index (κ3) is 4.59. The fourth-order valence-corrected chi connectivity index (χ4v) is 2.38. The molecule has 128 valence electrons. The van der Waals surface area contributed by atoms with E-state index in [1.165, 1.54) is 0 Å². The predicted molar refractivity (Wildman–Crippen MR) is 94.8 cm³/mol. The average molecular weight is 327 g/mol. The van der Waals surface area contributed by atoms with Crippen molar-refractivity contribution in [2.24, 2.45) is 0 Å². The highest BCUT2D eigenvalue weighted by Gasteiger charge is 2.18. The molecule has 4 nitrogen and oxygen atoms in total. The van der Waals surface area contributed by atoms with E-state index in [0.29, 0.717) is 5.75 Å². The Labute approximate surface area is 143 Å². The fraction of sp³-hybridized carbons (Fsp3) is 0.350. The number of rotatable bonds is 6. The molecule has 24 heavy (non-hydrogen) atoms. The van der Waals surface area contributed by atoms with Gasteiger partial charge in [0.2, 0.25) is 0 Å². The van der Waals surface area contributed by atoms with Crippen LogP contribution in [0.4, 0.5) is 0 Å². The highest BCUT2D eigenvalue weighted by Crippen LogP contribution is 2.23. The maximum atomic E-state index is 12.3. The first-order valence-electron chi connectivity index (χ1n) is 8.05. The lowest BCUT2D eigenvalue weighted by molar-refractivity contribution is -0.134. The Morgan fingerprint density at radius 1 is 1.12 bits per heavy atom. The van der Waals surface area contributed by atoms with Crippen LogP contribution in [0.15, 0.2) is 54.6 Å². The van der Waals surface area contributed by atoms with Crippen molar-refractivity contribution in [1.82, 2.24) is 4.90 Å². The van der Waals surface area contributed by atoms with E-state index in [4.69, 9.17) is 4.74 Å². The average Bonchev–Trinajstić information content (AvgIpc) is 2.58. The van der Waals surface area contributed by atoms with Crippen LogP contribution in [0.25, 0.3) is 0 Å². The first-order chi connectivity index (χ1) is 11.3. The third-order valence-electron chi connectivity index (χ3n) is 4.18. The standard InChI is InChI=1S/C20H25NO3/c1-15(16-8-6-5-7-9-16)21(4)19(22)14-24-18-12-10-17(11-13-18)20(2,3)23/h5-13,15,23H,14H2,1-4H3. The molecule has 0 fully saturated rings. The number of hydrogen-bond acceptors (Lipinski definition) is 3. The van der Waals surface area contributed by atoms with Crippen molar-refractivity contribution < 1.29 is 14.6 Å². The molecule has 1 amide bonds. The Hall–Kier alpha value is -2.33. The minimum atomic E-state index is -0.889. The van der Waals surface area contributed by atoms with Crippen LogP contribution in [-0.2, 0) is 10.4 Å². The van der Waals surface area contributed by atoms with E-state index in [2.05, 4.69) is 0 Å². The molecule has 2 aromatic rings. The zero-order valence-corrected chi connectivity index (χ0v) is 14.7. The minimum Gasteiger partial charge on any atom is -0.484 e. The van der Waals surface area contributed by atoms with Crippen molar-refractivity contribution in [3.05, 3.63) is 65.7 Å². The smallest absolute Gasteiger partial charge is 0.260 e. The molecule has 0 saturated carbocycles. The van der Waals surface area contributed by atoms with Crippen LogP contribution in [0, 0.1) is 0 Å². The second-order valence-corrected chi connectivity index (χ2v) is 6.46. The maximum Gasteiger partial charge on any atom is 0.260 e. The number of ether oxygens (including phenoxy) is 1. The van der Waals surface area contributed by atoms with Crippen LogP contribution in [0.1, 0.15) is 37.9 Å². The van der Waals surface area contributed by atoms with Crippen molar-refractivity contribution in [3.63, 3.8) is 0 Å². The minimum absolute atomic E-state index is 0.0140. The summed E-state index contributed by atoms with van der Waals surface area (Å²) in [6.07, 6.45) is 0. The molecule has 1 N–H and O–H groups in total. The molecule has 1 atom stereocenters. The van der Waals surface area contributed by atoms with Gasteiger partial charge in [-0.1, -0.05) is 42.5 Å². The van der Waals surface area contributed by atoms with Crippen LogP contribution >= 0.6 is 0 Å². The van der Waals surface area contributed by atoms with Crippen molar-refractivity contribution in [2.45, 2.75) is 32.4 Å². The number of benzene rings is 2. The molecule has 0 aliphatic rings. The van der Waals surface area contributed by atoms with Gasteiger partial charge in [0.1, 0.15) is 5.75 Å². The number of hydrogen-bond donors (Lipinski definition) is 1. The van der Waals surface area contributed by atoms with Crippen molar-refractivity contribution >= 4 is 5.91 Å². The van der Waals surface area contributed by atoms with E-state index in [9.17, 15) is 9.90 Å². The van der Waals surface area contributed by atoms with Gasteiger partial charge in [0, 0.05) is 7.05 Å². The molecule has 0 aliphatic carbocycles. The Morgan fingerprint density at radius 3 is 2.25 bits per heavy atom. The third-order valence-corrected chi connectivity index (χ3v) is 4.18. The summed E-state index contributed by atoms with van der Waals surface area (Å²) in [5, 5.41) is 9.94. The summed E-state index contributed by atoms with van der Waals surface area (Å²) in [6, 6.07) is 17.0. The largest absolute Gasteiger partial charge is 0.484 e. The maximum absolute atomic E-state index is 12.3. The van der Waals surface area contributed by atoms with Crippen molar-refractivity contribution in [1.29, 1.82) is 0 Å². The van der Waals surface area contributed by atoms with E-state index >= 15 is 0 Å². The Bertz CT molecular complexity index is 660. The van der Waals surface area contributed by atoms with E-state index in [1.807, 2.05) is 37.3 Å². The summed E-state index contributed by atoms with van der Waals surface area (Å²) in [5.41, 5.74) is 0.999. The molecular weight excluding hydrogens is 302 g/mol. The van der Waals surface area contributed by atoms with Crippen LogP contribution in [0.3, 0.4) is 0 Å². The van der Waals surface area contributed by atoms with Gasteiger partial charge in [0.25, 0.3) is 5.91 Å². The zero-order chi connectivity index (χ0) is 17.7. The molecule has 0 saturated heterocycles. The highest BCUT2D eigenvalue weighted by atomic mass is 16.5. The lowest BCUT2D eigenvalue weighted by atomic mass is 9.99. The van der Waals surface area contributed by atoms with E-state index in [0.717, 1.165) is 11.1 Å². The molecular formula is C20H25NO3. The Balaban J connectivity index is 1.93. The molecule has 0 aliphatic heterocycles. The molecule has 2 aromatic carbocycles. The van der Waals surface area contributed by atoms with Gasteiger partial charge in [-0.2, -0.15) is 0 Å². The molecule has 2 rings (SSSR count). The van der Waals surface area contributed by atoms with Gasteiger partial charge in [-0.3, -0.25) is 4.79 Å². The quantitative estimate of drug-likeness (QED) is 0.883. The molecule has 1 unspecified atom stereocenters. The topological polar surface area (TPSA) is 49.8 Å². The second kappa shape index (κ2) is 7.49. The highest BCUT2D eigenvalue weighted by molar-refractivity contribution is 5.78. The summed E-state index contributed by atoms with van der Waals surface area (Å²) in [7, 11) is 1.78. The van der Waals surface area contributed by atoms with Crippen LogP contribution < -0.4 is 4.74 Å². The molecule has 0 aromatic heterocycles. The van der Waals surface area contributed by atoms with Crippen LogP contribution in [-0.4, -0.2) is 29.6 Å². The number of nitrogens with zero attached hydrogens (tertiary/aromatic N) is 1. The number of amides is 1. The van der Waals surface area contributed by atoms with Crippen molar-refractivity contribution in [3.8, 4) is 5.75 Å². The summed E-state index contributed by atoms with van der Waals surface area (Å²) in [6.45, 7) is 5.43. The second-order valence-electron chi connectivity index (χ2n) is 6.46. The predicted octanol–water partition coefficient (Wildman–Crippen LogP) is 3.51. The Morgan fingerprint density at radius 2 is 1.71 bits per heavy atom. The van der Waals surface area contributed by atoms with Gasteiger partial charge >= 0.3 is 0 Å². The molecule has 0 bridgehead atoms. The first-order valence-corrected chi connectivity index (χ1v) is 8.05. The molecule has 4 heteroatoms. The lowest BCUT2D eigenvalue weighted by Crippen LogP contribution is -2.33.